The Bertz CT molecular complexity index is 751. The number of phenols is 3. The van der Waals surface area contributed by atoms with Gasteiger partial charge < -0.3 is 20.1 Å². The van der Waals surface area contributed by atoms with Crippen molar-refractivity contribution in [1.29, 1.82) is 0 Å². The van der Waals surface area contributed by atoms with Gasteiger partial charge in [-0.15, -0.1) is 0 Å². The molecule has 0 heterocycles. The predicted octanol–water partition coefficient (Wildman–Crippen LogP) is 2.72. The molecule has 5 nitrogen and oxygen atoms in total. The van der Waals surface area contributed by atoms with Gasteiger partial charge in [0.25, 0.3) is 0 Å². The second-order valence-electron chi connectivity index (χ2n) is 5.46. The Labute approximate surface area is 127 Å². The quantitative estimate of drug-likeness (QED) is 0.742. The maximum atomic E-state index is 12.3. The van der Waals surface area contributed by atoms with Crippen LogP contribution < -0.4 is 4.74 Å². The fraction of sp³-hybridized carbons (Fsp3) is 0.235. The summed E-state index contributed by atoms with van der Waals surface area (Å²) in [5.74, 6) is -0.212. The summed E-state index contributed by atoms with van der Waals surface area (Å²) < 4.78 is 5.13. The first kappa shape index (κ1) is 14.3. The molecule has 0 unspecified atom stereocenters. The van der Waals surface area contributed by atoms with Gasteiger partial charge in [-0.3, -0.25) is 4.79 Å². The van der Waals surface area contributed by atoms with Crippen molar-refractivity contribution in [2.75, 3.05) is 7.11 Å². The Morgan fingerprint density at radius 2 is 1.77 bits per heavy atom. The van der Waals surface area contributed by atoms with Gasteiger partial charge in [0.1, 0.15) is 11.5 Å². The van der Waals surface area contributed by atoms with Crippen molar-refractivity contribution in [2.24, 2.45) is 0 Å². The third-order valence-electron chi connectivity index (χ3n) is 4.06. The molecule has 0 aliphatic heterocycles. The molecule has 0 spiro atoms. The van der Waals surface area contributed by atoms with Crippen molar-refractivity contribution in [2.45, 2.75) is 18.8 Å². The number of hydrogen-bond donors (Lipinski definition) is 3. The second kappa shape index (κ2) is 5.26. The Balaban J connectivity index is 2.01. The van der Waals surface area contributed by atoms with Crippen LogP contribution in [0.4, 0.5) is 0 Å². The minimum Gasteiger partial charge on any atom is -0.507 e. The molecule has 0 saturated carbocycles. The Morgan fingerprint density at radius 3 is 2.45 bits per heavy atom. The maximum Gasteiger partial charge on any atom is 0.167 e. The molecule has 5 heteroatoms. The molecule has 1 aliphatic rings. The SMILES string of the molecule is COc1cc(O)c2c(c1)C[C@@H](c1ccc(O)c(O)c1)CC2=O. The summed E-state index contributed by atoms with van der Waals surface area (Å²) in [6, 6.07) is 7.76. The van der Waals surface area contributed by atoms with Crippen LogP contribution in [0.1, 0.15) is 33.8 Å². The lowest BCUT2D eigenvalue weighted by molar-refractivity contribution is 0.0961. The standard InChI is InChI=1S/C17H16O5/c1-22-12-5-11-4-10(7-15(20)17(11)16(21)8-12)9-2-3-13(18)14(19)6-9/h2-3,5-6,8,10,18-19,21H,4,7H2,1H3/t10-/m1/s1. The van der Waals surface area contributed by atoms with Gasteiger partial charge in [-0.2, -0.15) is 0 Å². The molecule has 3 N–H and O–H groups in total. The van der Waals surface area contributed by atoms with E-state index in [1.54, 1.807) is 12.1 Å². The number of benzene rings is 2. The molecule has 0 fully saturated rings. The number of ether oxygens (including phenoxy) is 1. The number of methoxy groups -OCH3 is 1. The number of Topliss-reactive ketones (excluding diaryl/α,β-unsaturated/α-hetero) is 1. The highest BCUT2D eigenvalue weighted by Crippen LogP contribution is 2.40. The summed E-state index contributed by atoms with van der Waals surface area (Å²) in [6.07, 6.45) is 0.799. The van der Waals surface area contributed by atoms with Crippen LogP contribution >= 0.6 is 0 Å². The molecule has 0 bridgehead atoms. The minimum absolute atomic E-state index is 0.0636. The highest BCUT2D eigenvalue weighted by atomic mass is 16.5. The first-order chi connectivity index (χ1) is 10.5. The van der Waals surface area contributed by atoms with Crippen LogP contribution in [0, 0.1) is 0 Å². The van der Waals surface area contributed by atoms with Gasteiger partial charge in [-0.05, 0) is 41.7 Å². The molecule has 1 aliphatic carbocycles. The number of carbonyl (C=O) groups is 1. The van der Waals surface area contributed by atoms with Gasteiger partial charge in [0, 0.05) is 12.5 Å². The van der Waals surface area contributed by atoms with E-state index in [9.17, 15) is 20.1 Å². The van der Waals surface area contributed by atoms with Gasteiger partial charge in [0.05, 0.1) is 12.7 Å². The molecular weight excluding hydrogens is 284 g/mol. The summed E-state index contributed by atoms with van der Waals surface area (Å²) in [4.78, 5) is 12.3. The molecule has 1 atom stereocenters. The lowest BCUT2D eigenvalue weighted by atomic mass is 9.79. The van der Waals surface area contributed by atoms with Gasteiger partial charge >= 0.3 is 0 Å². The van der Waals surface area contributed by atoms with Gasteiger partial charge in [-0.25, -0.2) is 0 Å². The number of aromatic hydroxyl groups is 3. The maximum absolute atomic E-state index is 12.3. The number of hydrogen-bond acceptors (Lipinski definition) is 5. The van der Waals surface area contributed by atoms with E-state index in [2.05, 4.69) is 0 Å². The highest BCUT2D eigenvalue weighted by molar-refractivity contribution is 6.01. The average Bonchev–Trinajstić information content (AvgIpc) is 2.49. The first-order valence-corrected chi connectivity index (χ1v) is 6.94. The summed E-state index contributed by atoms with van der Waals surface area (Å²) in [5.41, 5.74) is 1.85. The number of fused-ring (bicyclic) bond motifs is 1. The second-order valence-corrected chi connectivity index (χ2v) is 5.46. The number of carbonyl (C=O) groups excluding carboxylic acids is 1. The number of rotatable bonds is 2. The minimum atomic E-state index is -0.204. The van der Waals surface area contributed by atoms with Crippen LogP contribution in [0.5, 0.6) is 23.0 Å². The van der Waals surface area contributed by atoms with E-state index in [4.69, 9.17) is 4.74 Å². The molecule has 2 aromatic carbocycles. The lowest BCUT2D eigenvalue weighted by Gasteiger charge is -2.25. The number of ketones is 1. The molecule has 2 aromatic rings. The van der Waals surface area contributed by atoms with Crippen molar-refractivity contribution in [3.8, 4) is 23.0 Å². The van der Waals surface area contributed by atoms with Gasteiger partial charge in [0.2, 0.25) is 0 Å². The molecule has 114 valence electrons. The van der Waals surface area contributed by atoms with E-state index in [1.807, 2.05) is 0 Å². The molecular formula is C17H16O5. The Kier molecular flexibility index (Phi) is 3.41. The molecule has 3 rings (SSSR count). The Hall–Kier alpha value is -2.69. The number of phenolic OH excluding ortho intramolecular Hbond substituents is 3. The zero-order chi connectivity index (χ0) is 15.9. The van der Waals surface area contributed by atoms with Crippen molar-refractivity contribution in [1.82, 2.24) is 0 Å². The van der Waals surface area contributed by atoms with E-state index in [-0.39, 0.29) is 35.4 Å². The monoisotopic (exact) mass is 300 g/mol. The smallest absolute Gasteiger partial charge is 0.167 e. The first-order valence-electron chi connectivity index (χ1n) is 6.94. The van der Waals surface area contributed by atoms with Crippen molar-refractivity contribution in [3.05, 3.63) is 47.0 Å². The third-order valence-corrected chi connectivity index (χ3v) is 4.06. The predicted molar refractivity (Wildman–Crippen MR) is 79.8 cm³/mol. The zero-order valence-electron chi connectivity index (χ0n) is 12.0. The topological polar surface area (TPSA) is 87.0 Å². The lowest BCUT2D eigenvalue weighted by Crippen LogP contribution is -2.19. The fourth-order valence-electron chi connectivity index (χ4n) is 2.95. The zero-order valence-corrected chi connectivity index (χ0v) is 12.0. The van der Waals surface area contributed by atoms with Crippen LogP contribution in [0.2, 0.25) is 0 Å². The molecule has 0 saturated heterocycles. The van der Waals surface area contributed by atoms with Crippen LogP contribution in [0.25, 0.3) is 0 Å². The van der Waals surface area contributed by atoms with Gasteiger partial charge in [-0.1, -0.05) is 6.07 Å². The summed E-state index contributed by atoms with van der Waals surface area (Å²) >= 11 is 0. The van der Waals surface area contributed by atoms with Crippen LogP contribution in [-0.2, 0) is 6.42 Å². The fourth-order valence-corrected chi connectivity index (χ4v) is 2.95. The van der Waals surface area contributed by atoms with E-state index in [1.165, 1.54) is 25.3 Å². The molecule has 0 aromatic heterocycles. The average molecular weight is 300 g/mol. The highest BCUT2D eigenvalue weighted by Gasteiger charge is 2.29. The molecule has 22 heavy (non-hydrogen) atoms. The van der Waals surface area contributed by atoms with Crippen LogP contribution in [0.3, 0.4) is 0 Å². The van der Waals surface area contributed by atoms with E-state index in [0.717, 1.165) is 11.1 Å². The van der Waals surface area contributed by atoms with Gasteiger partial charge in [0.15, 0.2) is 17.3 Å². The van der Waals surface area contributed by atoms with Crippen LogP contribution in [-0.4, -0.2) is 28.2 Å². The van der Waals surface area contributed by atoms with Crippen LogP contribution in [0.15, 0.2) is 30.3 Å². The van der Waals surface area contributed by atoms with E-state index < -0.39 is 0 Å². The molecule has 0 amide bonds. The summed E-state index contributed by atoms with van der Waals surface area (Å²) in [7, 11) is 1.50. The van der Waals surface area contributed by atoms with E-state index >= 15 is 0 Å². The largest absolute Gasteiger partial charge is 0.507 e. The Morgan fingerprint density at radius 1 is 1.00 bits per heavy atom. The van der Waals surface area contributed by atoms with Crippen molar-refractivity contribution >= 4 is 5.78 Å². The molecule has 0 radical (unpaired) electrons. The summed E-state index contributed by atoms with van der Waals surface area (Å²) in [5, 5.41) is 29.0. The van der Waals surface area contributed by atoms with Crippen molar-refractivity contribution < 1.29 is 24.9 Å². The van der Waals surface area contributed by atoms with Crippen molar-refractivity contribution in [3.63, 3.8) is 0 Å². The summed E-state index contributed by atoms with van der Waals surface area (Å²) in [6.45, 7) is 0. The van der Waals surface area contributed by atoms with E-state index in [0.29, 0.717) is 17.7 Å². The third kappa shape index (κ3) is 2.35. The normalized spacial score (nSPS) is 17.1.